The van der Waals surface area contributed by atoms with Gasteiger partial charge in [0.15, 0.2) is 0 Å². The third kappa shape index (κ3) is 3.25. The van der Waals surface area contributed by atoms with Crippen molar-refractivity contribution >= 4 is 11.4 Å². The lowest BCUT2D eigenvalue weighted by Gasteiger charge is -2.20. The summed E-state index contributed by atoms with van der Waals surface area (Å²) in [5, 5.41) is 13.7. The van der Waals surface area contributed by atoms with Crippen molar-refractivity contribution in [1.82, 2.24) is 4.98 Å². The fourth-order valence-electron chi connectivity index (χ4n) is 2.01. The summed E-state index contributed by atoms with van der Waals surface area (Å²) in [5.41, 5.74) is -1.73. The molecule has 1 aliphatic rings. The molecule has 2 rings (SSSR count). The van der Waals surface area contributed by atoms with Crippen molar-refractivity contribution in [3.8, 4) is 0 Å². The van der Waals surface area contributed by atoms with Crippen molar-refractivity contribution in [3.05, 3.63) is 40.2 Å². The van der Waals surface area contributed by atoms with Crippen LogP contribution in [0.5, 0.6) is 0 Å². The van der Waals surface area contributed by atoms with E-state index in [0.717, 1.165) is 12.8 Å². The monoisotopic (exact) mass is 287 g/mol. The first-order valence-electron chi connectivity index (χ1n) is 6.01. The fraction of sp³-hybridized carbons (Fsp3) is 0.417. The minimum absolute atomic E-state index is 0.109. The fourth-order valence-corrected chi connectivity index (χ4v) is 2.01. The van der Waals surface area contributed by atoms with Crippen LogP contribution in [0.25, 0.3) is 0 Å². The third-order valence-electron chi connectivity index (χ3n) is 3.00. The maximum atomic E-state index is 12.6. The first-order valence-corrected chi connectivity index (χ1v) is 6.01. The van der Waals surface area contributed by atoms with Crippen LogP contribution >= 0.6 is 0 Å². The standard InChI is InChI=1S/C12H12F3N3O2/c13-12(14,15)11-6-9(10(7-16-11)18(19)20)17-8-4-2-1-3-5-8/h1-2,6-8H,3-5H2,(H,16,17). The number of allylic oxidation sites excluding steroid dienone is 1. The Labute approximate surface area is 112 Å². The lowest BCUT2D eigenvalue weighted by Crippen LogP contribution is -2.21. The Morgan fingerprint density at radius 1 is 1.40 bits per heavy atom. The lowest BCUT2D eigenvalue weighted by atomic mass is 10.0. The van der Waals surface area contributed by atoms with Crippen molar-refractivity contribution in [2.75, 3.05) is 5.32 Å². The number of hydrogen-bond acceptors (Lipinski definition) is 4. The molecule has 1 N–H and O–H groups in total. The van der Waals surface area contributed by atoms with Gasteiger partial charge < -0.3 is 5.32 Å². The summed E-state index contributed by atoms with van der Waals surface area (Å²) in [6, 6.07) is 0.582. The normalized spacial score (nSPS) is 18.9. The van der Waals surface area contributed by atoms with E-state index in [2.05, 4.69) is 10.3 Å². The van der Waals surface area contributed by atoms with E-state index in [1.807, 2.05) is 12.2 Å². The highest BCUT2D eigenvalue weighted by atomic mass is 19.4. The number of alkyl halides is 3. The molecule has 0 bridgehead atoms. The summed E-state index contributed by atoms with van der Waals surface area (Å²) in [4.78, 5) is 13.2. The topological polar surface area (TPSA) is 68.1 Å². The molecule has 1 aromatic heterocycles. The second-order valence-electron chi connectivity index (χ2n) is 4.47. The van der Waals surface area contributed by atoms with Gasteiger partial charge in [0.1, 0.15) is 17.6 Å². The van der Waals surface area contributed by atoms with E-state index in [0.29, 0.717) is 18.7 Å². The van der Waals surface area contributed by atoms with Crippen LogP contribution in [0.3, 0.4) is 0 Å². The van der Waals surface area contributed by atoms with Gasteiger partial charge >= 0.3 is 11.9 Å². The van der Waals surface area contributed by atoms with E-state index in [1.165, 1.54) is 0 Å². The molecular formula is C12H12F3N3O2. The van der Waals surface area contributed by atoms with Gasteiger partial charge in [-0.1, -0.05) is 12.2 Å². The molecule has 1 aromatic rings. The Balaban J connectivity index is 2.31. The van der Waals surface area contributed by atoms with Crippen LogP contribution in [0.1, 0.15) is 25.0 Å². The molecule has 1 atom stereocenters. The Morgan fingerprint density at radius 3 is 2.70 bits per heavy atom. The molecule has 5 nitrogen and oxygen atoms in total. The molecule has 1 aliphatic carbocycles. The number of nitrogens with zero attached hydrogens (tertiary/aromatic N) is 2. The van der Waals surface area contributed by atoms with Gasteiger partial charge in [0, 0.05) is 6.04 Å². The summed E-state index contributed by atoms with van der Waals surface area (Å²) in [6.07, 6.45) is 2.03. The summed E-state index contributed by atoms with van der Waals surface area (Å²) in [5.74, 6) is 0. The highest BCUT2D eigenvalue weighted by Crippen LogP contribution is 2.33. The molecule has 0 aromatic carbocycles. The van der Waals surface area contributed by atoms with E-state index >= 15 is 0 Å². The van der Waals surface area contributed by atoms with Crippen LogP contribution in [-0.4, -0.2) is 15.9 Å². The second kappa shape index (κ2) is 5.48. The van der Waals surface area contributed by atoms with Gasteiger partial charge in [-0.2, -0.15) is 13.2 Å². The molecule has 0 amide bonds. The van der Waals surface area contributed by atoms with Crippen LogP contribution in [0.2, 0.25) is 0 Å². The average molecular weight is 287 g/mol. The maximum absolute atomic E-state index is 12.6. The number of nitro groups is 1. The molecule has 0 saturated carbocycles. The van der Waals surface area contributed by atoms with Crippen LogP contribution in [0.4, 0.5) is 24.5 Å². The Kier molecular flexibility index (Phi) is 3.91. The summed E-state index contributed by atoms with van der Waals surface area (Å²) >= 11 is 0. The van der Waals surface area contributed by atoms with Crippen LogP contribution in [0, 0.1) is 10.1 Å². The number of aromatic nitrogens is 1. The molecule has 1 heterocycles. The van der Waals surface area contributed by atoms with E-state index in [-0.39, 0.29) is 11.7 Å². The van der Waals surface area contributed by atoms with Gasteiger partial charge in [0.25, 0.3) is 0 Å². The number of rotatable bonds is 3. The zero-order valence-corrected chi connectivity index (χ0v) is 10.4. The largest absolute Gasteiger partial charge is 0.433 e. The first kappa shape index (κ1) is 14.3. The first-order chi connectivity index (χ1) is 9.38. The number of nitrogens with one attached hydrogen (secondary N) is 1. The number of halogens is 3. The molecule has 0 saturated heterocycles. The zero-order chi connectivity index (χ0) is 14.8. The molecule has 0 spiro atoms. The molecule has 20 heavy (non-hydrogen) atoms. The van der Waals surface area contributed by atoms with E-state index < -0.39 is 22.5 Å². The van der Waals surface area contributed by atoms with Crippen molar-refractivity contribution in [2.24, 2.45) is 0 Å². The highest BCUT2D eigenvalue weighted by Gasteiger charge is 2.34. The van der Waals surface area contributed by atoms with E-state index in [1.54, 1.807) is 0 Å². The van der Waals surface area contributed by atoms with Gasteiger partial charge in [0.2, 0.25) is 0 Å². The number of hydrogen-bond donors (Lipinski definition) is 1. The average Bonchev–Trinajstić information content (AvgIpc) is 2.38. The van der Waals surface area contributed by atoms with Gasteiger partial charge in [-0.05, 0) is 25.3 Å². The van der Waals surface area contributed by atoms with Gasteiger partial charge in [-0.3, -0.25) is 10.1 Å². The molecule has 0 radical (unpaired) electrons. The highest BCUT2D eigenvalue weighted by molar-refractivity contribution is 5.61. The molecule has 8 heteroatoms. The van der Waals surface area contributed by atoms with Crippen LogP contribution in [-0.2, 0) is 6.18 Å². The minimum Gasteiger partial charge on any atom is -0.376 e. The van der Waals surface area contributed by atoms with E-state index in [9.17, 15) is 23.3 Å². The van der Waals surface area contributed by atoms with Gasteiger partial charge in [-0.25, -0.2) is 4.98 Å². The molecule has 0 aliphatic heterocycles. The van der Waals surface area contributed by atoms with Gasteiger partial charge in [0.05, 0.1) is 4.92 Å². The van der Waals surface area contributed by atoms with E-state index in [4.69, 9.17) is 0 Å². The Bertz CT molecular complexity index is 543. The van der Waals surface area contributed by atoms with Gasteiger partial charge in [-0.15, -0.1) is 0 Å². The SMILES string of the molecule is O=[N+]([O-])c1cnc(C(F)(F)F)cc1NC1CC=CCC1. The molecule has 0 fully saturated rings. The Morgan fingerprint density at radius 2 is 2.15 bits per heavy atom. The molecule has 108 valence electrons. The van der Waals surface area contributed by atoms with Crippen LogP contribution < -0.4 is 5.32 Å². The number of anilines is 1. The molecular weight excluding hydrogens is 275 g/mol. The molecule has 1 unspecified atom stereocenters. The third-order valence-corrected chi connectivity index (χ3v) is 3.00. The van der Waals surface area contributed by atoms with Crippen LogP contribution in [0.15, 0.2) is 24.4 Å². The minimum atomic E-state index is -4.63. The predicted molar refractivity (Wildman–Crippen MR) is 66.3 cm³/mol. The summed E-state index contributed by atoms with van der Waals surface area (Å²) < 4.78 is 37.8. The summed E-state index contributed by atoms with van der Waals surface area (Å²) in [6.45, 7) is 0. The zero-order valence-electron chi connectivity index (χ0n) is 10.4. The lowest BCUT2D eigenvalue weighted by molar-refractivity contribution is -0.384. The Hall–Kier alpha value is -2.12. The summed E-state index contributed by atoms with van der Waals surface area (Å²) in [7, 11) is 0. The predicted octanol–water partition coefficient (Wildman–Crippen LogP) is 3.53. The maximum Gasteiger partial charge on any atom is 0.433 e. The van der Waals surface area contributed by atoms with Crippen molar-refractivity contribution in [1.29, 1.82) is 0 Å². The second-order valence-corrected chi connectivity index (χ2v) is 4.47. The van der Waals surface area contributed by atoms with Crippen molar-refractivity contribution in [3.63, 3.8) is 0 Å². The van der Waals surface area contributed by atoms with Crippen molar-refractivity contribution in [2.45, 2.75) is 31.5 Å². The quantitative estimate of drug-likeness (QED) is 0.524. The van der Waals surface area contributed by atoms with Crippen molar-refractivity contribution < 1.29 is 18.1 Å². The smallest absolute Gasteiger partial charge is 0.376 e. The number of pyridine rings is 1.